The minimum absolute atomic E-state index is 0.0981. The summed E-state index contributed by atoms with van der Waals surface area (Å²) in [6, 6.07) is 1.97. The number of sulfonamides is 1. The lowest BCUT2D eigenvalue weighted by Gasteiger charge is -2.10. The van der Waals surface area contributed by atoms with Gasteiger partial charge in [-0.1, -0.05) is 0 Å². The second kappa shape index (κ2) is 5.00. The van der Waals surface area contributed by atoms with Crippen LogP contribution in [0.25, 0.3) is 0 Å². The van der Waals surface area contributed by atoms with Gasteiger partial charge < -0.3 is 10.5 Å². The Bertz CT molecular complexity index is 719. The Hall–Kier alpha value is -2.29. The first-order chi connectivity index (χ1) is 9.33. The molecule has 0 aliphatic carbocycles. The highest BCUT2D eigenvalue weighted by atomic mass is 32.2. The zero-order valence-electron chi connectivity index (χ0n) is 10.8. The van der Waals surface area contributed by atoms with E-state index in [1.807, 2.05) is 0 Å². The van der Waals surface area contributed by atoms with E-state index in [4.69, 9.17) is 10.5 Å². The second-order valence-electron chi connectivity index (χ2n) is 4.04. The highest BCUT2D eigenvalue weighted by molar-refractivity contribution is 7.92. The van der Waals surface area contributed by atoms with Crippen LogP contribution in [-0.2, 0) is 17.1 Å². The van der Waals surface area contributed by atoms with Crippen LogP contribution >= 0.6 is 0 Å². The summed E-state index contributed by atoms with van der Waals surface area (Å²) in [6.45, 7) is 0. The molecule has 0 radical (unpaired) electrons. The van der Waals surface area contributed by atoms with Crippen molar-refractivity contribution in [3.63, 3.8) is 0 Å². The number of aryl methyl sites for hydroxylation is 1. The third-order valence-electron chi connectivity index (χ3n) is 2.52. The van der Waals surface area contributed by atoms with Crippen LogP contribution in [0.1, 0.15) is 0 Å². The van der Waals surface area contributed by atoms with E-state index in [1.165, 1.54) is 24.2 Å². The predicted octanol–water partition coefficient (Wildman–Crippen LogP) is 0.951. The molecule has 9 heteroatoms. The first-order valence-corrected chi connectivity index (χ1v) is 6.96. The van der Waals surface area contributed by atoms with Gasteiger partial charge in [-0.05, 0) is 12.1 Å². The van der Waals surface area contributed by atoms with Crippen LogP contribution in [0.3, 0.4) is 0 Å². The van der Waals surface area contributed by atoms with Gasteiger partial charge in [0.1, 0.15) is 0 Å². The van der Waals surface area contributed by atoms with Crippen molar-refractivity contribution in [1.29, 1.82) is 0 Å². The van der Waals surface area contributed by atoms with Gasteiger partial charge >= 0.3 is 0 Å². The van der Waals surface area contributed by atoms with Crippen LogP contribution in [0.4, 0.5) is 15.8 Å². The highest BCUT2D eigenvalue weighted by Crippen LogP contribution is 2.29. The Labute approximate surface area is 115 Å². The van der Waals surface area contributed by atoms with E-state index in [9.17, 15) is 12.8 Å². The minimum Gasteiger partial charge on any atom is -0.492 e. The molecule has 20 heavy (non-hydrogen) atoms. The molecule has 0 aliphatic heterocycles. The molecule has 1 aromatic carbocycles. The van der Waals surface area contributed by atoms with Gasteiger partial charge in [0.15, 0.2) is 11.6 Å². The summed E-state index contributed by atoms with van der Waals surface area (Å²) in [7, 11) is -1.06. The molecule has 0 fully saturated rings. The topological polar surface area (TPSA) is 99.2 Å². The molecule has 108 valence electrons. The quantitative estimate of drug-likeness (QED) is 0.819. The third-order valence-corrected chi connectivity index (χ3v) is 3.88. The highest BCUT2D eigenvalue weighted by Gasteiger charge is 2.19. The van der Waals surface area contributed by atoms with Crippen molar-refractivity contribution in [2.75, 3.05) is 17.6 Å². The molecule has 0 spiro atoms. The van der Waals surface area contributed by atoms with E-state index in [-0.39, 0.29) is 22.0 Å². The first kappa shape index (κ1) is 14.1. The van der Waals surface area contributed by atoms with Crippen molar-refractivity contribution in [2.24, 2.45) is 7.05 Å². The number of hydrogen-bond acceptors (Lipinski definition) is 5. The maximum Gasteiger partial charge on any atom is 0.262 e. The largest absolute Gasteiger partial charge is 0.492 e. The molecular weight excluding hydrogens is 287 g/mol. The van der Waals surface area contributed by atoms with Crippen LogP contribution in [0.15, 0.2) is 29.4 Å². The Morgan fingerprint density at radius 3 is 2.65 bits per heavy atom. The standard InChI is InChI=1S/C11H13FN4O3S/c1-16-6-7(5-14-16)15-20(17,18)8-3-9(12)11(19-2)10(13)4-8/h3-6,15H,13H2,1-2H3. The van der Waals surface area contributed by atoms with Gasteiger partial charge in [-0.25, -0.2) is 12.8 Å². The lowest BCUT2D eigenvalue weighted by atomic mass is 10.3. The van der Waals surface area contributed by atoms with Crippen molar-refractivity contribution in [3.05, 3.63) is 30.3 Å². The zero-order valence-corrected chi connectivity index (χ0v) is 11.6. The molecule has 3 N–H and O–H groups in total. The predicted molar refractivity (Wildman–Crippen MR) is 71.4 cm³/mol. The van der Waals surface area contributed by atoms with Crippen molar-refractivity contribution in [1.82, 2.24) is 9.78 Å². The summed E-state index contributed by atoms with van der Waals surface area (Å²) < 4.78 is 46.3. The van der Waals surface area contributed by atoms with Crippen LogP contribution in [0, 0.1) is 5.82 Å². The Morgan fingerprint density at radius 2 is 2.15 bits per heavy atom. The van der Waals surface area contributed by atoms with Gasteiger partial charge in [-0.15, -0.1) is 0 Å². The van der Waals surface area contributed by atoms with Gasteiger partial charge in [0, 0.05) is 13.2 Å². The molecule has 0 unspecified atom stereocenters. The molecule has 0 aliphatic rings. The maximum atomic E-state index is 13.7. The minimum atomic E-state index is -3.95. The average molecular weight is 300 g/mol. The number of ether oxygens (including phenoxy) is 1. The van der Waals surface area contributed by atoms with E-state index in [0.717, 1.165) is 12.1 Å². The van der Waals surface area contributed by atoms with Crippen molar-refractivity contribution in [2.45, 2.75) is 4.90 Å². The van der Waals surface area contributed by atoms with Crippen molar-refractivity contribution >= 4 is 21.4 Å². The van der Waals surface area contributed by atoms with E-state index < -0.39 is 15.8 Å². The van der Waals surface area contributed by atoms with Crippen molar-refractivity contribution < 1.29 is 17.5 Å². The average Bonchev–Trinajstić information content (AvgIpc) is 2.73. The molecule has 1 aromatic heterocycles. The Balaban J connectivity index is 2.39. The van der Waals surface area contributed by atoms with Gasteiger partial charge in [-0.2, -0.15) is 5.10 Å². The number of nitrogen functional groups attached to an aromatic ring is 1. The third kappa shape index (κ3) is 2.67. The number of nitrogens with zero attached hydrogens (tertiary/aromatic N) is 2. The summed E-state index contributed by atoms with van der Waals surface area (Å²) in [5.74, 6) is -1.04. The number of anilines is 2. The van der Waals surface area contributed by atoms with Crippen molar-refractivity contribution in [3.8, 4) is 5.75 Å². The molecule has 0 saturated heterocycles. The summed E-state index contributed by atoms with van der Waals surface area (Å²) in [4.78, 5) is -0.294. The van der Waals surface area contributed by atoms with Gasteiger partial charge in [0.25, 0.3) is 10.0 Å². The van der Waals surface area contributed by atoms with Gasteiger partial charge in [-0.3, -0.25) is 9.40 Å². The normalized spacial score (nSPS) is 11.3. The molecule has 0 bridgehead atoms. The Kier molecular flexibility index (Phi) is 3.53. The Morgan fingerprint density at radius 1 is 1.45 bits per heavy atom. The van der Waals surface area contributed by atoms with E-state index in [0.29, 0.717) is 0 Å². The number of nitrogens with two attached hydrogens (primary N) is 1. The fraction of sp³-hybridized carbons (Fsp3) is 0.182. The van der Waals surface area contributed by atoms with E-state index in [1.54, 1.807) is 7.05 Å². The summed E-state index contributed by atoms with van der Waals surface area (Å²) in [5.41, 5.74) is 5.72. The molecular formula is C11H13FN4O3S. The number of halogens is 1. The molecule has 0 saturated carbocycles. The zero-order chi connectivity index (χ0) is 14.9. The van der Waals surface area contributed by atoms with Gasteiger partial charge in [0.2, 0.25) is 0 Å². The number of hydrogen-bond donors (Lipinski definition) is 2. The summed E-state index contributed by atoms with van der Waals surface area (Å²) >= 11 is 0. The molecule has 7 nitrogen and oxygen atoms in total. The number of benzene rings is 1. The van der Waals surface area contributed by atoms with Crippen LogP contribution in [0.2, 0.25) is 0 Å². The maximum absolute atomic E-state index is 13.7. The van der Waals surface area contributed by atoms with Crippen LogP contribution < -0.4 is 15.2 Å². The van der Waals surface area contributed by atoms with E-state index >= 15 is 0 Å². The van der Waals surface area contributed by atoms with Crippen LogP contribution in [0.5, 0.6) is 5.75 Å². The lowest BCUT2D eigenvalue weighted by Crippen LogP contribution is -2.13. The SMILES string of the molecule is COc1c(N)cc(S(=O)(=O)Nc2cnn(C)c2)cc1F. The molecule has 2 aromatic rings. The lowest BCUT2D eigenvalue weighted by molar-refractivity contribution is 0.388. The number of nitrogens with one attached hydrogen (secondary N) is 1. The number of methoxy groups -OCH3 is 1. The molecule has 0 atom stereocenters. The molecule has 0 amide bonds. The monoisotopic (exact) mass is 300 g/mol. The summed E-state index contributed by atoms with van der Waals surface area (Å²) in [5, 5.41) is 3.83. The van der Waals surface area contributed by atoms with Gasteiger partial charge in [0.05, 0.1) is 29.6 Å². The fourth-order valence-corrected chi connectivity index (χ4v) is 2.72. The molecule has 1 heterocycles. The van der Waals surface area contributed by atoms with Crippen LogP contribution in [-0.4, -0.2) is 25.3 Å². The van der Waals surface area contributed by atoms with E-state index in [2.05, 4.69) is 9.82 Å². The smallest absolute Gasteiger partial charge is 0.262 e. The molecule has 2 rings (SSSR count). The summed E-state index contributed by atoms with van der Waals surface area (Å²) in [6.07, 6.45) is 2.81. The number of aromatic nitrogens is 2. The fourth-order valence-electron chi connectivity index (χ4n) is 1.65. The second-order valence-corrected chi connectivity index (χ2v) is 5.72. The number of rotatable bonds is 4. The first-order valence-electron chi connectivity index (χ1n) is 5.48.